The van der Waals surface area contributed by atoms with Crippen LogP contribution in [0.2, 0.25) is 0 Å². The van der Waals surface area contributed by atoms with E-state index in [0.29, 0.717) is 5.88 Å². The Hall–Kier alpha value is -2.18. The van der Waals surface area contributed by atoms with Gasteiger partial charge in [0.2, 0.25) is 5.88 Å². The van der Waals surface area contributed by atoms with Gasteiger partial charge < -0.3 is 9.47 Å². The zero-order chi connectivity index (χ0) is 15.4. The summed E-state index contributed by atoms with van der Waals surface area (Å²) in [7, 11) is 3.21. The van der Waals surface area contributed by atoms with Crippen LogP contribution in [0.15, 0.2) is 24.5 Å². The van der Waals surface area contributed by atoms with E-state index in [-0.39, 0.29) is 6.04 Å². The van der Waals surface area contributed by atoms with Gasteiger partial charge in [-0.15, -0.1) is 0 Å². The number of aromatic nitrogens is 2. The van der Waals surface area contributed by atoms with Crippen LogP contribution in [-0.2, 0) is 0 Å². The molecule has 3 N–H and O–H groups in total. The molecule has 0 aliphatic carbocycles. The second-order valence-corrected chi connectivity index (χ2v) is 4.78. The number of nitrogens with zero attached hydrogens (tertiary/aromatic N) is 2. The van der Waals surface area contributed by atoms with E-state index in [1.54, 1.807) is 20.3 Å². The van der Waals surface area contributed by atoms with Gasteiger partial charge in [0.1, 0.15) is 12.1 Å². The summed E-state index contributed by atoms with van der Waals surface area (Å²) in [5.74, 6) is 7.01. The Morgan fingerprint density at radius 3 is 2.48 bits per heavy atom. The van der Waals surface area contributed by atoms with E-state index in [4.69, 9.17) is 15.3 Å². The standard InChI is InChI=1S/C15H20N4O2/c1-9-5-10(2)14(12(6-9)20-3)15(19-16)11-7-13(21-4)18-8-17-11/h5-8,15,19H,16H2,1-4H3. The molecule has 0 saturated heterocycles. The van der Waals surface area contributed by atoms with Crippen molar-refractivity contribution in [1.29, 1.82) is 0 Å². The van der Waals surface area contributed by atoms with Crippen molar-refractivity contribution in [2.75, 3.05) is 14.2 Å². The summed E-state index contributed by atoms with van der Waals surface area (Å²) in [4.78, 5) is 8.30. The number of nitrogens with two attached hydrogens (primary N) is 1. The van der Waals surface area contributed by atoms with Crippen molar-refractivity contribution in [3.8, 4) is 11.6 Å². The van der Waals surface area contributed by atoms with E-state index in [2.05, 4.69) is 21.5 Å². The molecule has 1 atom stereocenters. The van der Waals surface area contributed by atoms with Crippen LogP contribution in [0.1, 0.15) is 28.4 Å². The summed E-state index contributed by atoms with van der Waals surface area (Å²) < 4.78 is 10.6. The fraction of sp³-hybridized carbons (Fsp3) is 0.333. The normalized spacial score (nSPS) is 12.0. The van der Waals surface area contributed by atoms with E-state index in [0.717, 1.165) is 28.1 Å². The molecular weight excluding hydrogens is 268 g/mol. The molecule has 0 amide bonds. The van der Waals surface area contributed by atoms with Gasteiger partial charge in [0, 0.05) is 11.6 Å². The topological polar surface area (TPSA) is 82.3 Å². The Morgan fingerprint density at radius 1 is 1.10 bits per heavy atom. The maximum absolute atomic E-state index is 5.75. The van der Waals surface area contributed by atoms with E-state index in [9.17, 15) is 0 Å². The summed E-state index contributed by atoms with van der Waals surface area (Å²) in [5, 5.41) is 0. The number of aryl methyl sites for hydroxylation is 2. The van der Waals surface area contributed by atoms with E-state index in [1.807, 2.05) is 19.9 Å². The molecular formula is C15H20N4O2. The lowest BCUT2D eigenvalue weighted by Gasteiger charge is -2.21. The van der Waals surface area contributed by atoms with Gasteiger partial charge in [-0.2, -0.15) is 0 Å². The first-order valence-electron chi connectivity index (χ1n) is 6.58. The molecule has 21 heavy (non-hydrogen) atoms. The quantitative estimate of drug-likeness (QED) is 0.643. The van der Waals surface area contributed by atoms with Gasteiger partial charge in [0.25, 0.3) is 0 Å². The summed E-state index contributed by atoms with van der Waals surface area (Å²) in [5.41, 5.74) is 6.67. The maximum Gasteiger partial charge on any atom is 0.216 e. The number of ether oxygens (including phenoxy) is 2. The fourth-order valence-electron chi connectivity index (χ4n) is 2.42. The van der Waals surface area contributed by atoms with Crippen molar-refractivity contribution in [2.24, 2.45) is 5.84 Å². The second-order valence-electron chi connectivity index (χ2n) is 4.78. The van der Waals surface area contributed by atoms with Gasteiger partial charge in [0.05, 0.1) is 26.0 Å². The zero-order valence-corrected chi connectivity index (χ0v) is 12.7. The Kier molecular flexibility index (Phi) is 4.72. The van der Waals surface area contributed by atoms with Crippen LogP contribution >= 0.6 is 0 Å². The lowest BCUT2D eigenvalue weighted by atomic mass is 9.96. The van der Waals surface area contributed by atoms with Crippen LogP contribution in [0.3, 0.4) is 0 Å². The summed E-state index contributed by atoms with van der Waals surface area (Å²) in [6.07, 6.45) is 1.45. The fourth-order valence-corrected chi connectivity index (χ4v) is 2.42. The lowest BCUT2D eigenvalue weighted by molar-refractivity contribution is 0.392. The van der Waals surface area contributed by atoms with Crippen molar-refractivity contribution < 1.29 is 9.47 Å². The van der Waals surface area contributed by atoms with Crippen LogP contribution in [0.25, 0.3) is 0 Å². The van der Waals surface area contributed by atoms with Gasteiger partial charge in [-0.1, -0.05) is 6.07 Å². The smallest absolute Gasteiger partial charge is 0.216 e. The molecule has 1 aromatic carbocycles. The molecule has 0 aliphatic rings. The number of hydrazine groups is 1. The van der Waals surface area contributed by atoms with Gasteiger partial charge >= 0.3 is 0 Å². The summed E-state index contributed by atoms with van der Waals surface area (Å²) >= 11 is 0. The molecule has 112 valence electrons. The largest absolute Gasteiger partial charge is 0.496 e. The van der Waals surface area contributed by atoms with E-state index >= 15 is 0 Å². The highest BCUT2D eigenvalue weighted by Gasteiger charge is 2.21. The molecule has 6 heteroatoms. The highest BCUT2D eigenvalue weighted by atomic mass is 16.5. The van der Waals surface area contributed by atoms with Crippen LogP contribution in [-0.4, -0.2) is 24.2 Å². The Morgan fingerprint density at radius 2 is 1.86 bits per heavy atom. The van der Waals surface area contributed by atoms with Gasteiger partial charge in [-0.3, -0.25) is 5.84 Å². The molecule has 1 heterocycles. The van der Waals surface area contributed by atoms with E-state index < -0.39 is 0 Å². The molecule has 2 rings (SSSR count). The van der Waals surface area contributed by atoms with E-state index in [1.165, 1.54) is 6.33 Å². The average Bonchev–Trinajstić information content (AvgIpc) is 2.49. The number of rotatable bonds is 5. The Labute approximate surface area is 124 Å². The number of hydrogen-bond acceptors (Lipinski definition) is 6. The Balaban J connectivity index is 2.55. The number of methoxy groups -OCH3 is 2. The van der Waals surface area contributed by atoms with Crippen molar-refractivity contribution in [3.63, 3.8) is 0 Å². The molecule has 0 aliphatic heterocycles. The molecule has 6 nitrogen and oxygen atoms in total. The molecule has 0 bridgehead atoms. The second kappa shape index (κ2) is 6.51. The van der Waals surface area contributed by atoms with Crippen LogP contribution in [0, 0.1) is 13.8 Å². The number of hydrogen-bond donors (Lipinski definition) is 2. The molecule has 0 spiro atoms. The first kappa shape index (κ1) is 15.2. The highest BCUT2D eigenvalue weighted by molar-refractivity contribution is 5.47. The Bertz CT molecular complexity index is 631. The monoisotopic (exact) mass is 288 g/mol. The minimum absolute atomic E-state index is 0.308. The van der Waals surface area contributed by atoms with Crippen LogP contribution in [0.5, 0.6) is 11.6 Å². The first-order valence-corrected chi connectivity index (χ1v) is 6.58. The average molecular weight is 288 g/mol. The lowest BCUT2D eigenvalue weighted by Crippen LogP contribution is -2.30. The third kappa shape index (κ3) is 3.12. The highest BCUT2D eigenvalue weighted by Crippen LogP contribution is 2.33. The first-order chi connectivity index (χ1) is 10.1. The third-order valence-corrected chi connectivity index (χ3v) is 3.34. The number of nitrogens with one attached hydrogen (secondary N) is 1. The SMILES string of the molecule is COc1cc(C(NN)c2c(C)cc(C)cc2OC)ncn1. The van der Waals surface area contributed by atoms with Crippen molar-refractivity contribution in [1.82, 2.24) is 15.4 Å². The summed E-state index contributed by atoms with van der Waals surface area (Å²) in [6, 6.07) is 5.51. The van der Waals surface area contributed by atoms with Crippen LogP contribution < -0.4 is 20.7 Å². The predicted octanol–water partition coefficient (Wildman–Crippen LogP) is 1.66. The molecule has 1 unspecified atom stereocenters. The molecule has 0 fully saturated rings. The van der Waals surface area contributed by atoms with Gasteiger partial charge in [-0.25, -0.2) is 15.4 Å². The van der Waals surface area contributed by atoms with Crippen molar-refractivity contribution in [3.05, 3.63) is 46.9 Å². The van der Waals surface area contributed by atoms with Crippen molar-refractivity contribution >= 4 is 0 Å². The predicted molar refractivity (Wildman–Crippen MR) is 80.2 cm³/mol. The molecule has 0 radical (unpaired) electrons. The molecule has 2 aromatic rings. The van der Waals surface area contributed by atoms with Gasteiger partial charge in [-0.05, 0) is 31.0 Å². The van der Waals surface area contributed by atoms with Crippen LogP contribution in [0.4, 0.5) is 0 Å². The minimum atomic E-state index is -0.308. The third-order valence-electron chi connectivity index (χ3n) is 3.34. The van der Waals surface area contributed by atoms with Gasteiger partial charge in [0.15, 0.2) is 0 Å². The maximum atomic E-state index is 5.75. The summed E-state index contributed by atoms with van der Waals surface area (Å²) in [6.45, 7) is 4.05. The minimum Gasteiger partial charge on any atom is -0.496 e. The van der Waals surface area contributed by atoms with Crippen molar-refractivity contribution in [2.45, 2.75) is 19.9 Å². The molecule has 0 saturated carbocycles. The number of benzene rings is 1. The molecule has 1 aromatic heterocycles. The zero-order valence-electron chi connectivity index (χ0n) is 12.7.